The number of nitrogens with one attached hydrogen (secondary N) is 1. The molecule has 0 aliphatic rings. The first kappa shape index (κ1) is 21.1. The number of ether oxygens (including phenoxy) is 2. The normalized spacial score (nSPS) is 10.7. The van der Waals surface area contributed by atoms with Crippen molar-refractivity contribution in [3.63, 3.8) is 0 Å². The zero-order valence-corrected chi connectivity index (χ0v) is 17.9. The number of nitrogens with zero attached hydrogens (tertiary/aromatic N) is 2. The summed E-state index contributed by atoms with van der Waals surface area (Å²) in [5, 5.41) is 0.819. The molecule has 7 nitrogen and oxygen atoms in total. The van der Waals surface area contributed by atoms with Crippen molar-refractivity contribution < 1.29 is 14.3 Å². The van der Waals surface area contributed by atoms with E-state index < -0.39 is 0 Å². The molecule has 2 aromatic carbocycles. The lowest BCUT2D eigenvalue weighted by molar-refractivity contribution is 0.0984. The van der Waals surface area contributed by atoms with E-state index in [1.807, 2.05) is 37.3 Å². The molecular weight excluding hydrogens is 406 g/mol. The summed E-state index contributed by atoms with van der Waals surface area (Å²) in [5.41, 5.74) is 1.85. The molecule has 162 valence electrons. The number of H-pyrrole nitrogens is 1. The quantitative estimate of drug-likeness (QED) is 0.476. The van der Waals surface area contributed by atoms with E-state index in [-0.39, 0.29) is 18.0 Å². The van der Waals surface area contributed by atoms with Crippen LogP contribution in [-0.4, -0.2) is 29.6 Å². The van der Waals surface area contributed by atoms with Gasteiger partial charge < -0.3 is 19.4 Å². The van der Waals surface area contributed by atoms with Crippen LogP contribution in [0, 0.1) is 0 Å². The number of pyridine rings is 2. The molecule has 4 aromatic rings. The van der Waals surface area contributed by atoms with E-state index in [1.165, 1.54) is 11.1 Å². The summed E-state index contributed by atoms with van der Waals surface area (Å²) in [4.78, 5) is 34.8. The number of aromatic nitrogens is 2. The van der Waals surface area contributed by atoms with Crippen molar-refractivity contribution in [1.82, 2.24) is 9.97 Å². The zero-order valence-electron chi connectivity index (χ0n) is 17.9. The van der Waals surface area contributed by atoms with Crippen LogP contribution < -0.4 is 19.9 Å². The molecule has 0 saturated heterocycles. The third-order valence-corrected chi connectivity index (χ3v) is 5.06. The maximum absolute atomic E-state index is 13.4. The van der Waals surface area contributed by atoms with Crippen LogP contribution in [0.1, 0.15) is 22.8 Å². The Morgan fingerprint density at radius 2 is 1.94 bits per heavy atom. The van der Waals surface area contributed by atoms with Gasteiger partial charge in [-0.2, -0.15) is 0 Å². The van der Waals surface area contributed by atoms with Gasteiger partial charge in [-0.25, -0.2) is 0 Å². The van der Waals surface area contributed by atoms with Crippen LogP contribution in [0.25, 0.3) is 10.9 Å². The first-order chi connectivity index (χ1) is 15.6. The molecule has 0 bridgehead atoms. The van der Waals surface area contributed by atoms with Crippen LogP contribution in [0.5, 0.6) is 11.5 Å². The summed E-state index contributed by atoms with van der Waals surface area (Å²) in [6.45, 7) is 2.51. The van der Waals surface area contributed by atoms with Gasteiger partial charge in [0.15, 0.2) is 0 Å². The van der Waals surface area contributed by atoms with E-state index in [0.29, 0.717) is 40.4 Å². The number of anilines is 1. The van der Waals surface area contributed by atoms with Gasteiger partial charge in [-0.05, 0) is 55.5 Å². The second-order valence-corrected chi connectivity index (χ2v) is 7.11. The van der Waals surface area contributed by atoms with Crippen molar-refractivity contribution in [2.24, 2.45) is 0 Å². The van der Waals surface area contributed by atoms with Gasteiger partial charge in [0.25, 0.3) is 11.5 Å². The van der Waals surface area contributed by atoms with Crippen molar-refractivity contribution in [3.8, 4) is 11.5 Å². The fourth-order valence-corrected chi connectivity index (χ4v) is 3.54. The van der Waals surface area contributed by atoms with Gasteiger partial charge in [0, 0.05) is 28.9 Å². The van der Waals surface area contributed by atoms with E-state index in [4.69, 9.17) is 9.47 Å². The molecule has 32 heavy (non-hydrogen) atoms. The number of hydrogen-bond acceptors (Lipinski definition) is 5. The number of fused-ring (bicyclic) bond motifs is 1. The van der Waals surface area contributed by atoms with Gasteiger partial charge >= 0.3 is 0 Å². The highest BCUT2D eigenvalue weighted by atomic mass is 16.5. The second-order valence-electron chi connectivity index (χ2n) is 7.11. The lowest BCUT2D eigenvalue weighted by Crippen LogP contribution is -2.33. The molecule has 2 heterocycles. The Labute approximate surface area is 185 Å². The summed E-state index contributed by atoms with van der Waals surface area (Å²) in [6.07, 6.45) is 3.11. The van der Waals surface area contributed by atoms with Crippen LogP contribution in [0.3, 0.4) is 0 Å². The average molecular weight is 429 g/mol. The number of carbonyl (C=O) groups excluding carboxylic acids is 1. The standard InChI is InChI=1S/C25H23N3O4/c1-3-32-20-10-11-21-18(14-20)13-19(24(29)27-21)16-28(22-8-4-5-9-23(22)31-2)25(30)17-7-6-12-26-15-17/h4-15H,3,16H2,1-2H3,(H,27,29). The lowest BCUT2D eigenvalue weighted by Gasteiger charge is -2.24. The van der Waals surface area contributed by atoms with E-state index in [0.717, 1.165) is 5.39 Å². The van der Waals surface area contributed by atoms with Crippen LogP contribution in [0.4, 0.5) is 5.69 Å². The summed E-state index contributed by atoms with van der Waals surface area (Å²) < 4.78 is 11.1. The molecule has 0 spiro atoms. The van der Waals surface area contributed by atoms with Crippen LogP contribution >= 0.6 is 0 Å². The third-order valence-electron chi connectivity index (χ3n) is 5.06. The molecule has 0 aliphatic carbocycles. The molecule has 0 fully saturated rings. The van der Waals surface area contributed by atoms with E-state index >= 15 is 0 Å². The highest BCUT2D eigenvalue weighted by molar-refractivity contribution is 6.06. The molecule has 0 radical (unpaired) electrons. The van der Waals surface area contributed by atoms with Crippen LogP contribution in [0.2, 0.25) is 0 Å². The van der Waals surface area contributed by atoms with Crippen molar-refractivity contribution in [3.05, 3.63) is 94.5 Å². The number of amides is 1. The van der Waals surface area contributed by atoms with Gasteiger partial charge in [0.2, 0.25) is 0 Å². The third kappa shape index (κ3) is 4.32. The summed E-state index contributed by atoms with van der Waals surface area (Å²) >= 11 is 0. The Morgan fingerprint density at radius 1 is 1.09 bits per heavy atom. The number of para-hydroxylation sites is 2. The summed E-state index contributed by atoms with van der Waals surface area (Å²) in [7, 11) is 1.55. The van der Waals surface area contributed by atoms with Gasteiger partial charge in [0.05, 0.1) is 31.5 Å². The van der Waals surface area contributed by atoms with Crippen molar-refractivity contribution in [1.29, 1.82) is 0 Å². The predicted molar refractivity (Wildman–Crippen MR) is 123 cm³/mol. The number of aromatic amines is 1. The van der Waals surface area contributed by atoms with Crippen molar-refractivity contribution >= 4 is 22.5 Å². The maximum Gasteiger partial charge on any atom is 0.260 e. The summed E-state index contributed by atoms with van der Waals surface area (Å²) in [5.74, 6) is 0.955. The van der Waals surface area contributed by atoms with Crippen molar-refractivity contribution in [2.45, 2.75) is 13.5 Å². The van der Waals surface area contributed by atoms with Crippen molar-refractivity contribution in [2.75, 3.05) is 18.6 Å². The Bertz CT molecular complexity index is 1300. The minimum Gasteiger partial charge on any atom is -0.495 e. The van der Waals surface area contributed by atoms with Gasteiger partial charge in [0.1, 0.15) is 11.5 Å². The number of carbonyl (C=O) groups is 1. The fraction of sp³-hybridized carbons (Fsp3) is 0.160. The molecule has 7 heteroatoms. The summed E-state index contributed by atoms with van der Waals surface area (Å²) in [6, 6.07) is 17.9. The Morgan fingerprint density at radius 3 is 2.69 bits per heavy atom. The van der Waals surface area contributed by atoms with E-state index in [1.54, 1.807) is 43.6 Å². The molecule has 0 aliphatic heterocycles. The van der Waals surface area contributed by atoms with E-state index in [2.05, 4.69) is 9.97 Å². The number of benzene rings is 2. The minimum atomic E-state index is -0.287. The van der Waals surface area contributed by atoms with Gasteiger partial charge in [-0.3, -0.25) is 14.6 Å². The fourth-order valence-electron chi connectivity index (χ4n) is 3.54. The molecule has 1 amide bonds. The molecule has 4 rings (SSSR count). The van der Waals surface area contributed by atoms with E-state index in [9.17, 15) is 9.59 Å². The molecular formula is C25H23N3O4. The number of methoxy groups -OCH3 is 1. The Hall–Kier alpha value is -4.13. The highest BCUT2D eigenvalue weighted by Crippen LogP contribution is 2.30. The predicted octanol–water partition coefficient (Wildman–Crippen LogP) is 4.18. The molecule has 0 atom stereocenters. The first-order valence-corrected chi connectivity index (χ1v) is 10.2. The second kappa shape index (κ2) is 9.34. The van der Waals surface area contributed by atoms with Crippen LogP contribution in [0.15, 0.2) is 77.9 Å². The smallest absolute Gasteiger partial charge is 0.260 e. The molecule has 1 N–H and O–H groups in total. The number of hydrogen-bond donors (Lipinski definition) is 1. The largest absolute Gasteiger partial charge is 0.495 e. The molecule has 0 saturated carbocycles. The minimum absolute atomic E-state index is 0.0538. The average Bonchev–Trinajstić information content (AvgIpc) is 2.83. The SMILES string of the molecule is CCOc1ccc2[nH]c(=O)c(CN(C(=O)c3cccnc3)c3ccccc3OC)cc2c1. The Kier molecular flexibility index (Phi) is 6.17. The highest BCUT2D eigenvalue weighted by Gasteiger charge is 2.22. The monoisotopic (exact) mass is 429 g/mol. The maximum atomic E-state index is 13.4. The first-order valence-electron chi connectivity index (χ1n) is 10.2. The lowest BCUT2D eigenvalue weighted by atomic mass is 10.1. The number of rotatable bonds is 7. The Balaban J connectivity index is 1.80. The van der Waals surface area contributed by atoms with Gasteiger partial charge in [-0.1, -0.05) is 12.1 Å². The van der Waals surface area contributed by atoms with Crippen LogP contribution in [-0.2, 0) is 6.54 Å². The molecule has 0 unspecified atom stereocenters. The zero-order chi connectivity index (χ0) is 22.5. The molecule has 2 aromatic heterocycles. The topological polar surface area (TPSA) is 84.5 Å². The van der Waals surface area contributed by atoms with Gasteiger partial charge in [-0.15, -0.1) is 0 Å².